The lowest BCUT2D eigenvalue weighted by molar-refractivity contribution is -0.205. The minimum atomic E-state index is -4.53. The molecule has 0 amide bonds. The molecule has 0 aromatic carbocycles. The van der Waals surface area contributed by atoms with Gasteiger partial charge in [0.05, 0.1) is 6.54 Å². The minimum Gasteiger partial charge on any atom is -0.258 e. The van der Waals surface area contributed by atoms with E-state index in [1.165, 1.54) is 0 Å². The maximum atomic E-state index is 11.7. The molecule has 1 atom stereocenters. The summed E-state index contributed by atoms with van der Waals surface area (Å²) in [6.07, 6.45) is -2.90. The van der Waals surface area contributed by atoms with Crippen LogP contribution in [0.15, 0.2) is 4.99 Å². The van der Waals surface area contributed by atoms with Crippen LogP contribution in [0.25, 0.3) is 0 Å². The first-order valence-electron chi connectivity index (χ1n) is 2.76. The Bertz CT molecular complexity index is 164. The molecule has 0 aliphatic carbocycles. The van der Waals surface area contributed by atoms with Crippen LogP contribution in [0.5, 0.6) is 0 Å². The van der Waals surface area contributed by atoms with Crippen LogP contribution in [0.1, 0.15) is 0 Å². The highest BCUT2D eigenvalue weighted by molar-refractivity contribution is 5.60. The van der Waals surface area contributed by atoms with Crippen LogP contribution < -0.4 is 0 Å². The zero-order chi connectivity index (χ0) is 8.48. The van der Waals surface area contributed by atoms with E-state index in [0.717, 1.165) is 0 Å². The molecule has 0 fully saturated rings. The second-order valence-corrected chi connectivity index (χ2v) is 1.94. The topological polar surface area (TPSA) is 15.6 Å². The van der Waals surface area contributed by atoms with Crippen LogP contribution in [-0.4, -0.2) is 30.3 Å². The van der Waals surface area contributed by atoms with Gasteiger partial charge in [-0.3, -0.25) is 9.89 Å². The van der Waals surface area contributed by atoms with Crippen LogP contribution in [0.2, 0.25) is 0 Å². The molecule has 1 aliphatic heterocycles. The van der Waals surface area contributed by atoms with Crippen LogP contribution in [0.3, 0.4) is 0 Å². The molecule has 0 saturated carbocycles. The minimum absolute atomic E-state index is 0.183. The lowest BCUT2D eigenvalue weighted by atomic mass is 10.3. The van der Waals surface area contributed by atoms with E-state index in [1.54, 1.807) is 6.34 Å². The predicted molar refractivity (Wildman–Crippen MR) is 29.4 cm³/mol. The Morgan fingerprint density at radius 2 is 2.18 bits per heavy atom. The number of alkyl halides is 4. The fourth-order valence-corrected chi connectivity index (χ4v) is 0.591. The van der Waals surface area contributed by atoms with E-state index in [1.807, 2.05) is 0 Å². The Morgan fingerprint density at radius 3 is 2.45 bits per heavy atom. The van der Waals surface area contributed by atoms with Crippen LogP contribution >= 0.6 is 0 Å². The summed E-state index contributed by atoms with van der Waals surface area (Å²) in [7, 11) is 0. The first kappa shape index (κ1) is 8.29. The molecule has 1 unspecified atom stereocenters. The highest BCUT2D eigenvalue weighted by Gasteiger charge is 2.40. The molecule has 6 heteroatoms. The van der Waals surface area contributed by atoms with Gasteiger partial charge in [0.2, 0.25) is 0 Å². The number of hydrogen-bond donors (Lipinski definition) is 0. The molecule has 1 rings (SSSR count). The van der Waals surface area contributed by atoms with Crippen LogP contribution in [-0.2, 0) is 0 Å². The van der Waals surface area contributed by atoms with Gasteiger partial charge in [0, 0.05) is 0 Å². The van der Waals surface area contributed by atoms with Crippen molar-refractivity contribution in [3.63, 3.8) is 0 Å². The molecular weight excluding hydrogens is 164 g/mol. The summed E-state index contributed by atoms with van der Waals surface area (Å²) in [6, 6.07) is -1.03. The highest BCUT2D eigenvalue weighted by Crippen LogP contribution is 2.25. The van der Waals surface area contributed by atoms with Crippen molar-refractivity contribution in [3.8, 4) is 0 Å². The van der Waals surface area contributed by atoms with Gasteiger partial charge >= 0.3 is 6.30 Å². The quantitative estimate of drug-likeness (QED) is 0.424. The molecule has 1 heterocycles. The summed E-state index contributed by atoms with van der Waals surface area (Å²) < 4.78 is 46.9. The first-order chi connectivity index (χ1) is 5.04. The van der Waals surface area contributed by atoms with E-state index >= 15 is 0 Å². The van der Waals surface area contributed by atoms with Gasteiger partial charge < -0.3 is 0 Å². The second kappa shape index (κ2) is 2.67. The summed E-state index contributed by atoms with van der Waals surface area (Å²) in [6.45, 7) is -0.292. The molecular formula is C5H4F4N2. The molecule has 0 N–H and O–H groups in total. The maximum absolute atomic E-state index is 11.7. The Balaban J connectivity index is 2.50. The van der Waals surface area contributed by atoms with Crippen molar-refractivity contribution in [2.24, 2.45) is 4.99 Å². The maximum Gasteiger partial charge on any atom is 0.486 e. The third kappa shape index (κ3) is 1.81. The van der Waals surface area contributed by atoms with E-state index in [0.29, 0.717) is 6.54 Å². The third-order valence-corrected chi connectivity index (χ3v) is 1.08. The van der Waals surface area contributed by atoms with Gasteiger partial charge in [0.1, 0.15) is 12.7 Å². The van der Waals surface area contributed by atoms with E-state index in [2.05, 4.69) is 4.99 Å². The number of nitrogens with zero attached hydrogens (tertiary/aromatic N) is 2. The van der Waals surface area contributed by atoms with E-state index < -0.39 is 19.0 Å². The standard InChI is InChI=1S/C5H4F4N2/c6-1-4-2-11(3-10-4)5(7,8)9/h2,4H,1H2. The van der Waals surface area contributed by atoms with E-state index in [4.69, 9.17) is 0 Å². The number of rotatable bonds is 1. The Kier molecular flexibility index (Phi) is 2.01. The zero-order valence-corrected chi connectivity index (χ0v) is 5.27. The fraction of sp³-hybridized carbons (Fsp3) is 0.600. The molecule has 0 saturated heterocycles. The Labute approximate surface area is 60.5 Å². The normalized spacial score (nSPS) is 24.7. The van der Waals surface area contributed by atoms with Gasteiger partial charge in [0.15, 0.2) is 6.34 Å². The van der Waals surface area contributed by atoms with Crippen molar-refractivity contribution in [2.75, 3.05) is 6.67 Å². The van der Waals surface area contributed by atoms with Crippen molar-refractivity contribution >= 4 is 6.34 Å². The molecule has 62 valence electrons. The molecule has 11 heavy (non-hydrogen) atoms. The van der Waals surface area contributed by atoms with Crippen LogP contribution in [0.4, 0.5) is 17.6 Å². The smallest absolute Gasteiger partial charge is 0.258 e. The molecule has 0 bridgehead atoms. The van der Waals surface area contributed by atoms with Gasteiger partial charge in [-0.1, -0.05) is 0 Å². The van der Waals surface area contributed by atoms with Crippen molar-refractivity contribution in [1.82, 2.24) is 4.90 Å². The number of hydrogen-bond acceptors (Lipinski definition) is 2. The van der Waals surface area contributed by atoms with Crippen molar-refractivity contribution in [2.45, 2.75) is 12.3 Å². The average Bonchev–Trinajstić information content (AvgIpc) is 2.32. The van der Waals surface area contributed by atoms with Gasteiger partial charge in [-0.15, -0.1) is 0 Å². The summed E-state index contributed by atoms with van der Waals surface area (Å²) in [5.74, 6) is 0. The molecule has 0 aromatic rings. The monoisotopic (exact) mass is 168 g/mol. The molecule has 2 radical (unpaired) electrons. The molecule has 2 nitrogen and oxygen atoms in total. The Morgan fingerprint density at radius 1 is 1.55 bits per heavy atom. The van der Waals surface area contributed by atoms with Gasteiger partial charge in [-0.2, -0.15) is 13.2 Å². The summed E-state index contributed by atoms with van der Waals surface area (Å²) in [5.41, 5.74) is 0. The second-order valence-electron chi connectivity index (χ2n) is 1.94. The van der Waals surface area contributed by atoms with Crippen molar-refractivity contribution in [3.05, 3.63) is 6.54 Å². The summed E-state index contributed by atoms with van der Waals surface area (Å²) in [5, 5.41) is 0. The van der Waals surface area contributed by atoms with Crippen LogP contribution in [0, 0.1) is 6.54 Å². The predicted octanol–water partition coefficient (Wildman–Crippen LogP) is 1.23. The Hall–Kier alpha value is -0.810. The highest BCUT2D eigenvalue weighted by atomic mass is 19.4. The SMILES string of the molecule is FCC1[CH]N(C(F)(F)F)[C]=N1. The lowest BCUT2D eigenvalue weighted by Gasteiger charge is -2.16. The summed E-state index contributed by atoms with van der Waals surface area (Å²) in [4.78, 5) is 2.94. The molecule has 0 aromatic heterocycles. The van der Waals surface area contributed by atoms with Gasteiger partial charge in [-0.05, 0) is 0 Å². The molecule has 1 aliphatic rings. The van der Waals surface area contributed by atoms with Crippen molar-refractivity contribution in [1.29, 1.82) is 0 Å². The lowest BCUT2D eigenvalue weighted by Crippen LogP contribution is -2.33. The first-order valence-corrected chi connectivity index (χ1v) is 2.76. The van der Waals surface area contributed by atoms with Crippen molar-refractivity contribution < 1.29 is 17.6 Å². The number of halogens is 4. The van der Waals surface area contributed by atoms with E-state index in [-0.39, 0.29) is 4.90 Å². The average molecular weight is 168 g/mol. The van der Waals surface area contributed by atoms with Gasteiger partial charge in [0.25, 0.3) is 0 Å². The fourth-order valence-electron chi connectivity index (χ4n) is 0.591. The largest absolute Gasteiger partial charge is 0.486 e. The number of aliphatic imine (C=N–C) groups is 1. The molecule has 0 spiro atoms. The zero-order valence-electron chi connectivity index (χ0n) is 5.27. The van der Waals surface area contributed by atoms with E-state index in [9.17, 15) is 17.6 Å². The van der Waals surface area contributed by atoms with Gasteiger partial charge in [-0.25, -0.2) is 4.39 Å². The summed E-state index contributed by atoms with van der Waals surface area (Å²) >= 11 is 0. The third-order valence-electron chi connectivity index (χ3n) is 1.08.